The molecule has 2 N–H and O–H groups in total. The molecule has 30 heavy (non-hydrogen) atoms. The molecular formula is C23H26N2O5. The first-order chi connectivity index (χ1) is 14.4. The molecule has 0 radical (unpaired) electrons. The van der Waals surface area contributed by atoms with Gasteiger partial charge in [-0.25, -0.2) is 4.98 Å². The molecule has 1 aromatic carbocycles. The molecule has 0 fully saturated rings. The molecule has 7 heteroatoms. The summed E-state index contributed by atoms with van der Waals surface area (Å²) in [7, 11) is 0. The highest BCUT2D eigenvalue weighted by Crippen LogP contribution is 2.35. The van der Waals surface area contributed by atoms with Gasteiger partial charge in [-0.3, -0.25) is 9.59 Å². The summed E-state index contributed by atoms with van der Waals surface area (Å²) in [5.74, 6) is 0. The van der Waals surface area contributed by atoms with Gasteiger partial charge in [0.2, 0.25) is 0 Å². The van der Waals surface area contributed by atoms with E-state index >= 15 is 0 Å². The maximum atomic E-state index is 13.1. The number of carbonyl (C=O) groups is 1. The Bertz CT molecular complexity index is 1130. The Hall–Kier alpha value is -3.03. The summed E-state index contributed by atoms with van der Waals surface area (Å²) in [5.41, 5.74) is 2.55. The van der Waals surface area contributed by atoms with Crippen LogP contribution in [-0.2, 0) is 28.3 Å². The van der Waals surface area contributed by atoms with E-state index in [4.69, 9.17) is 14.8 Å². The third-order valence-corrected chi connectivity index (χ3v) is 5.34. The Balaban J connectivity index is 0.000000806. The molecule has 0 amide bonds. The second kappa shape index (κ2) is 8.77. The summed E-state index contributed by atoms with van der Waals surface area (Å²) < 4.78 is 6.49. The van der Waals surface area contributed by atoms with Crippen molar-refractivity contribution in [2.45, 2.75) is 45.9 Å². The first kappa shape index (κ1) is 21.7. The van der Waals surface area contributed by atoms with Crippen LogP contribution in [0.15, 0.2) is 41.2 Å². The van der Waals surface area contributed by atoms with Crippen molar-refractivity contribution in [3.05, 3.63) is 63.4 Å². The summed E-state index contributed by atoms with van der Waals surface area (Å²) >= 11 is 0. The number of aliphatic hydroxyl groups is 2. The Labute approximate surface area is 174 Å². The summed E-state index contributed by atoms with van der Waals surface area (Å²) in [5, 5.41) is 19.4. The molecule has 3 heterocycles. The summed E-state index contributed by atoms with van der Waals surface area (Å²) in [4.78, 5) is 28.6. The second-order valence-electron chi connectivity index (χ2n) is 7.35. The topological polar surface area (TPSA) is 102 Å². The van der Waals surface area contributed by atoms with Crippen molar-refractivity contribution in [1.82, 2.24) is 9.55 Å². The lowest BCUT2D eigenvalue weighted by molar-refractivity contribution is -0.129. The van der Waals surface area contributed by atoms with E-state index in [2.05, 4.69) is 0 Å². The van der Waals surface area contributed by atoms with Crippen LogP contribution < -0.4 is 5.56 Å². The summed E-state index contributed by atoms with van der Waals surface area (Å²) in [6.07, 6.45) is 0.419. The molecular weight excluding hydrogens is 384 g/mol. The fraction of sp³-hybridized carbons (Fsp3) is 0.348. The molecule has 3 aromatic rings. The number of hydrogen-bond donors (Lipinski definition) is 2. The average Bonchev–Trinajstić information content (AvgIpc) is 3.09. The number of carbonyl (C=O) groups excluding carboxylic acids is 1. The van der Waals surface area contributed by atoms with Crippen LogP contribution in [0.4, 0.5) is 0 Å². The minimum atomic E-state index is -1.21. The van der Waals surface area contributed by atoms with E-state index in [1.54, 1.807) is 18.4 Å². The van der Waals surface area contributed by atoms with Gasteiger partial charge in [-0.05, 0) is 44.0 Å². The number of aromatic nitrogens is 2. The number of benzene rings is 1. The average molecular weight is 410 g/mol. The van der Waals surface area contributed by atoms with Crippen molar-refractivity contribution in [2.24, 2.45) is 0 Å². The van der Waals surface area contributed by atoms with Gasteiger partial charge < -0.3 is 19.5 Å². The van der Waals surface area contributed by atoms with Crippen LogP contribution in [0.3, 0.4) is 0 Å². The Morgan fingerprint density at radius 1 is 1.27 bits per heavy atom. The Morgan fingerprint density at radius 2 is 1.97 bits per heavy atom. The SMILES string of the molecule is CCO.CC[C@](C)(O)c1cc2n(c(=O)c1COC=O)Cc1cc3ccccc3nc1-2. The minimum Gasteiger partial charge on any atom is -0.463 e. The number of aliphatic hydroxyl groups excluding tert-OH is 1. The monoisotopic (exact) mass is 410 g/mol. The largest absolute Gasteiger partial charge is 0.463 e. The van der Waals surface area contributed by atoms with Gasteiger partial charge >= 0.3 is 0 Å². The van der Waals surface area contributed by atoms with Crippen molar-refractivity contribution in [2.75, 3.05) is 6.61 Å². The van der Waals surface area contributed by atoms with Crippen molar-refractivity contribution in [3.8, 4) is 11.4 Å². The predicted octanol–water partition coefficient (Wildman–Crippen LogP) is 2.71. The zero-order chi connectivity index (χ0) is 21.9. The molecule has 2 aromatic heterocycles. The van der Waals surface area contributed by atoms with Crippen molar-refractivity contribution in [3.63, 3.8) is 0 Å². The van der Waals surface area contributed by atoms with Gasteiger partial charge in [-0.15, -0.1) is 0 Å². The van der Waals surface area contributed by atoms with Gasteiger partial charge in [-0.2, -0.15) is 0 Å². The smallest absolute Gasteiger partial charge is 0.293 e. The first-order valence-electron chi connectivity index (χ1n) is 9.92. The fourth-order valence-electron chi connectivity index (χ4n) is 3.64. The number of para-hydroxylation sites is 1. The molecule has 0 saturated carbocycles. The van der Waals surface area contributed by atoms with E-state index in [1.165, 1.54) is 0 Å². The van der Waals surface area contributed by atoms with E-state index in [9.17, 15) is 14.7 Å². The molecule has 0 aliphatic carbocycles. The highest BCUT2D eigenvalue weighted by atomic mass is 16.5. The Kier molecular flexibility index (Phi) is 6.34. The summed E-state index contributed by atoms with van der Waals surface area (Å²) in [6.45, 7) is 5.98. The first-order valence-corrected chi connectivity index (χ1v) is 9.92. The molecule has 0 bridgehead atoms. The van der Waals surface area contributed by atoms with Crippen LogP contribution >= 0.6 is 0 Å². The molecule has 0 unspecified atom stereocenters. The van der Waals surface area contributed by atoms with Crippen molar-refractivity contribution < 1.29 is 19.7 Å². The molecule has 7 nitrogen and oxygen atoms in total. The van der Waals surface area contributed by atoms with Gasteiger partial charge in [0, 0.05) is 17.6 Å². The maximum absolute atomic E-state index is 13.1. The summed E-state index contributed by atoms with van der Waals surface area (Å²) in [6, 6.07) is 11.7. The lowest BCUT2D eigenvalue weighted by atomic mass is 9.89. The predicted molar refractivity (Wildman–Crippen MR) is 114 cm³/mol. The highest BCUT2D eigenvalue weighted by Gasteiger charge is 2.31. The van der Waals surface area contributed by atoms with Crippen molar-refractivity contribution >= 4 is 17.4 Å². The van der Waals surface area contributed by atoms with Crippen LogP contribution in [-0.4, -0.2) is 32.8 Å². The quantitative estimate of drug-likeness (QED) is 0.491. The lowest BCUT2D eigenvalue weighted by Gasteiger charge is -2.25. The maximum Gasteiger partial charge on any atom is 0.293 e. The molecule has 0 saturated heterocycles. The number of rotatable bonds is 5. The van der Waals surface area contributed by atoms with Gasteiger partial charge in [-0.1, -0.05) is 25.1 Å². The van der Waals surface area contributed by atoms with Crippen molar-refractivity contribution in [1.29, 1.82) is 0 Å². The van der Waals surface area contributed by atoms with Crippen LogP contribution in [0.25, 0.3) is 22.3 Å². The number of pyridine rings is 2. The molecule has 0 spiro atoms. The van der Waals surface area contributed by atoms with Gasteiger partial charge in [0.15, 0.2) is 0 Å². The van der Waals surface area contributed by atoms with Gasteiger partial charge in [0.05, 0.1) is 34.6 Å². The van der Waals surface area contributed by atoms with E-state index in [0.717, 1.165) is 22.2 Å². The zero-order valence-corrected chi connectivity index (χ0v) is 17.4. The fourth-order valence-corrected chi connectivity index (χ4v) is 3.64. The number of ether oxygens (including phenoxy) is 1. The van der Waals surface area contributed by atoms with Crippen LogP contribution in [0.1, 0.15) is 43.9 Å². The molecule has 1 atom stereocenters. The third kappa shape index (κ3) is 3.86. The molecule has 158 valence electrons. The normalized spacial score (nSPS) is 13.6. The lowest BCUT2D eigenvalue weighted by Crippen LogP contribution is -2.31. The third-order valence-electron chi connectivity index (χ3n) is 5.34. The van der Waals surface area contributed by atoms with Crippen LogP contribution in [0.2, 0.25) is 0 Å². The number of fused-ring (bicyclic) bond motifs is 4. The minimum absolute atomic E-state index is 0.167. The second-order valence-corrected chi connectivity index (χ2v) is 7.35. The van der Waals surface area contributed by atoms with Crippen LogP contribution in [0.5, 0.6) is 0 Å². The number of nitrogens with zero attached hydrogens (tertiary/aromatic N) is 2. The highest BCUT2D eigenvalue weighted by molar-refractivity contribution is 5.84. The van der Waals surface area contributed by atoms with Gasteiger partial charge in [0.1, 0.15) is 6.61 Å². The molecule has 1 aliphatic heterocycles. The van der Waals surface area contributed by atoms with E-state index < -0.39 is 5.60 Å². The van der Waals surface area contributed by atoms with Gasteiger partial charge in [0.25, 0.3) is 12.0 Å². The zero-order valence-electron chi connectivity index (χ0n) is 17.4. The van der Waals surface area contributed by atoms with Crippen LogP contribution in [0, 0.1) is 0 Å². The van der Waals surface area contributed by atoms with E-state index in [-0.39, 0.29) is 18.8 Å². The number of hydrogen-bond acceptors (Lipinski definition) is 6. The standard InChI is InChI=1S/C21H20N2O4.C2H6O/c1-3-21(2,26)16-9-18-19-14(8-13-6-4-5-7-17(13)22-19)10-23(18)20(25)15(16)11-27-12-24;1-2-3/h4-9,12,26H,3,10-11H2,1-2H3;3H,2H2,1H3/t21-;/m0./s1. The van der Waals surface area contributed by atoms with E-state index in [1.807, 2.05) is 43.3 Å². The van der Waals surface area contributed by atoms with E-state index in [0.29, 0.717) is 36.3 Å². The Morgan fingerprint density at radius 3 is 2.63 bits per heavy atom. The molecule has 1 aliphatic rings. The molecule has 4 rings (SSSR count).